The van der Waals surface area contributed by atoms with E-state index in [9.17, 15) is 0 Å². The van der Waals surface area contributed by atoms with Gasteiger partial charge < -0.3 is 15.0 Å². The Hall–Kier alpha value is -1.38. The Labute approximate surface area is 95.4 Å². The molecule has 0 saturated carbocycles. The summed E-state index contributed by atoms with van der Waals surface area (Å²) in [6.45, 7) is 4.42. The van der Waals surface area contributed by atoms with Gasteiger partial charge in [0.25, 0.3) is 0 Å². The third-order valence-electron chi connectivity index (χ3n) is 3.90. The average molecular weight is 216 g/mol. The summed E-state index contributed by atoms with van der Waals surface area (Å²) in [5, 5.41) is 3.57. The number of benzene rings is 1. The topological polar surface area (TPSA) is 24.3 Å². The van der Waals surface area contributed by atoms with Crippen molar-refractivity contribution >= 4 is 11.4 Å². The molecule has 3 aliphatic heterocycles. The Balaban J connectivity index is 1.91. The van der Waals surface area contributed by atoms with E-state index in [0.29, 0.717) is 0 Å². The van der Waals surface area contributed by atoms with Crippen LogP contribution in [0.4, 0.5) is 11.4 Å². The molecule has 1 saturated heterocycles. The lowest BCUT2D eigenvalue weighted by Crippen LogP contribution is -2.24. The van der Waals surface area contributed by atoms with Crippen LogP contribution in [0.3, 0.4) is 0 Å². The normalized spacial score (nSPS) is 25.5. The monoisotopic (exact) mass is 216 g/mol. The molecule has 3 heteroatoms. The van der Waals surface area contributed by atoms with E-state index in [4.69, 9.17) is 4.74 Å². The fourth-order valence-electron chi connectivity index (χ4n) is 2.98. The number of nitrogens with one attached hydrogen (secondary N) is 1. The SMILES string of the molecule is c1cc(N2CC2)c2c3c1OCCC3CCN2. The summed E-state index contributed by atoms with van der Waals surface area (Å²) in [5.41, 5.74) is 4.18. The average Bonchev–Trinajstić information content (AvgIpc) is 3.14. The molecule has 84 valence electrons. The maximum absolute atomic E-state index is 5.77. The molecule has 16 heavy (non-hydrogen) atoms. The van der Waals surface area contributed by atoms with Crippen molar-refractivity contribution in [3.8, 4) is 5.75 Å². The van der Waals surface area contributed by atoms with Crippen LogP contribution in [0, 0.1) is 0 Å². The second-order valence-corrected chi connectivity index (χ2v) is 4.91. The minimum absolute atomic E-state index is 0.722. The number of hydrogen-bond donors (Lipinski definition) is 1. The molecule has 1 N–H and O–H groups in total. The highest BCUT2D eigenvalue weighted by atomic mass is 16.5. The Morgan fingerprint density at radius 1 is 1.25 bits per heavy atom. The summed E-state index contributed by atoms with van der Waals surface area (Å²) in [5.74, 6) is 1.84. The molecule has 3 nitrogen and oxygen atoms in total. The van der Waals surface area contributed by atoms with Crippen LogP contribution in [0.2, 0.25) is 0 Å². The highest BCUT2D eigenvalue weighted by Gasteiger charge is 2.32. The van der Waals surface area contributed by atoms with E-state index in [2.05, 4.69) is 22.3 Å². The molecular weight excluding hydrogens is 200 g/mol. The van der Waals surface area contributed by atoms with Gasteiger partial charge in [-0.25, -0.2) is 0 Å². The summed E-state index contributed by atoms with van der Waals surface area (Å²) in [6, 6.07) is 4.37. The van der Waals surface area contributed by atoms with Crippen LogP contribution in [0.25, 0.3) is 0 Å². The third kappa shape index (κ3) is 1.14. The molecule has 0 amide bonds. The van der Waals surface area contributed by atoms with E-state index in [1.165, 1.54) is 42.9 Å². The first-order valence-corrected chi connectivity index (χ1v) is 6.22. The van der Waals surface area contributed by atoms with Gasteiger partial charge in [-0.3, -0.25) is 0 Å². The molecule has 1 aromatic carbocycles. The molecule has 0 bridgehead atoms. The molecular formula is C13H16N2O. The smallest absolute Gasteiger partial charge is 0.124 e. The quantitative estimate of drug-likeness (QED) is 0.728. The summed E-state index contributed by atoms with van der Waals surface area (Å²) in [6.07, 6.45) is 2.44. The first-order valence-electron chi connectivity index (χ1n) is 6.22. The van der Waals surface area contributed by atoms with Crippen molar-refractivity contribution in [2.75, 3.05) is 36.5 Å². The van der Waals surface area contributed by atoms with Crippen LogP contribution in [0.5, 0.6) is 5.75 Å². The Morgan fingerprint density at radius 3 is 3.06 bits per heavy atom. The van der Waals surface area contributed by atoms with Crippen molar-refractivity contribution in [2.45, 2.75) is 18.8 Å². The van der Waals surface area contributed by atoms with Gasteiger partial charge in [0, 0.05) is 25.2 Å². The molecule has 3 heterocycles. The second kappa shape index (κ2) is 3.06. The van der Waals surface area contributed by atoms with E-state index < -0.39 is 0 Å². The van der Waals surface area contributed by atoms with Gasteiger partial charge in [0.1, 0.15) is 5.75 Å². The van der Waals surface area contributed by atoms with Gasteiger partial charge in [0.15, 0.2) is 0 Å². The fourth-order valence-corrected chi connectivity index (χ4v) is 2.98. The van der Waals surface area contributed by atoms with Crippen molar-refractivity contribution in [1.29, 1.82) is 0 Å². The Morgan fingerprint density at radius 2 is 2.19 bits per heavy atom. The minimum Gasteiger partial charge on any atom is -0.493 e. The van der Waals surface area contributed by atoms with Crippen molar-refractivity contribution in [2.24, 2.45) is 0 Å². The second-order valence-electron chi connectivity index (χ2n) is 4.91. The molecule has 1 unspecified atom stereocenters. The van der Waals surface area contributed by atoms with Gasteiger partial charge in [0.2, 0.25) is 0 Å². The first kappa shape index (κ1) is 8.74. The van der Waals surface area contributed by atoms with E-state index in [1.54, 1.807) is 0 Å². The van der Waals surface area contributed by atoms with Gasteiger partial charge in [-0.15, -0.1) is 0 Å². The van der Waals surface area contributed by atoms with Gasteiger partial charge >= 0.3 is 0 Å². The lowest BCUT2D eigenvalue weighted by molar-refractivity contribution is 0.263. The highest BCUT2D eigenvalue weighted by molar-refractivity contribution is 5.80. The van der Waals surface area contributed by atoms with Crippen LogP contribution in [-0.2, 0) is 0 Å². The lowest BCUT2D eigenvalue weighted by atomic mass is 9.86. The molecule has 4 rings (SSSR count). The number of nitrogens with zero attached hydrogens (tertiary/aromatic N) is 1. The van der Waals surface area contributed by atoms with Crippen LogP contribution in [-0.4, -0.2) is 26.2 Å². The number of hydrogen-bond acceptors (Lipinski definition) is 3. The third-order valence-corrected chi connectivity index (χ3v) is 3.90. The van der Waals surface area contributed by atoms with Crippen molar-refractivity contribution < 1.29 is 4.74 Å². The maximum atomic E-state index is 5.77. The van der Waals surface area contributed by atoms with E-state index in [0.717, 1.165) is 24.8 Å². The summed E-state index contributed by atoms with van der Waals surface area (Å²) >= 11 is 0. The predicted molar refractivity (Wildman–Crippen MR) is 64.6 cm³/mol. The van der Waals surface area contributed by atoms with Crippen molar-refractivity contribution in [1.82, 2.24) is 0 Å². The zero-order valence-corrected chi connectivity index (χ0v) is 9.33. The van der Waals surface area contributed by atoms with Gasteiger partial charge in [-0.2, -0.15) is 0 Å². The molecule has 1 fully saturated rings. The van der Waals surface area contributed by atoms with Gasteiger partial charge in [0.05, 0.1) is 18.0 Å². The summed E-state index contributed by atoms with van der Waals surface area (Å²) < 4.78 is 5.77. The van der Waals surface area contributed by atoms with Crippen molar-refractivity contribution in [3.05, 3.63) is 17.7 Å². The summed E-state index contributed by atoms with van der Waals surface area (Å²) in [7, 11) is 0. The number of ether oxygens (including phenoxy) is 1. The molecule has 1 aromatic rings. The standard InChI is InChI=1S/C13H16N2O/c1-2-11-12-9(4-8-16-11)3-5-14-13(12)10(1)15-6-7-15/h1-2,9,14H,3-8H2. The predicted octanol–water partition coefficient (Wildman–Crippen LogP) is 2.19. The van der Waals surface area contributed by atoms with E-state index >= 15 is 0 Å². The van der Waals surface area contributed by atoms with Crippen LogP contribution < -0.4 is 15.0 Å². The molecule has 0 radical (unpaired) electrons. The highest BCUT2D eigenvalue weighted by Crippen LogP contribution is 2.48. The summed E-state index contributed by atoms with van der Waals surface area (Å²) in [4.78, 5) is 2.42. The van der Waals surface area contributed by atoms with Crippen molar-refractivity contribution in [3.63, 3.8) is 0 Å². The molecule has 0 aromatic heterocycles. The number of anilines is 2. The Kier molecular flexibility index (Phi) is 1.67. The minimum atomic E-state index is 0.722. The largest absolute Gasteiger partial charge is 0.493 e. The lowest BCUT2D eigenvalue weighted by Gasteiger charge is -2.34. The first-order chi connectivity index (χ1) is 7.93. The maximum Gasteiger partial charge on any atom is 0.124 e. The zero-order valence-electron chi connectivity index (χ0n) is 9.33. The van der Waals surface area contributed by atoms with Gasteiger partial charge in [-0.05, 0) is 30.9 Å². The molecule has 0 spiro atoms. The fraction of sp³-hybridized carbons (Fsp3) is 0.538. The van der Waals surface area contributed by atoms with Crippen LogP contribution in [0.1, 0.15) is 24.3 Å². The van der Waals surface area contributed by atoms with Crippen LogP contribution >= 0.6 is 0 Å². The van der Waals surface area contributed by atoms with Crippen LogP contribution in [0.15, 0.2) is 12.1 Å². The molecule has 3 aliphatic rings. The Bertz CT molecular complexity index is 438. The number of rotatable bonds is 1. The zero-order chi connectivity index (χ0) is 10.5. The molecule has 0 aliphatic carbocycles. The van der Waals surface area contributed by atoms with E-state index in [1.807, 2.05) is 0 Å². The van der Waals surface area contributed by atoms with Gasteiger partial charge in [-0.1, -0.05) is 0 Å². The van der Waals surface area contributed by atoms with E-state index in [-0.39, 0.29) is 0 Å². The molecule has 1 atom stereocenters.